The average molecular weight is 220 g/mol. The lowest BCUT2D eigenvalue weighted by Gasteiger charge is -2.19. The number of rotatable bonds is 3. The van der Waals surface area contributed by atoms with E-state index in [1.165, 1.54) is 6.42 Å². The molecule has 4 heteroatoms. The standard InChI is InChI=1S/C12H16N2O2/c15-12(11-4-2-1-3-5-11)14-13-8-10-6-7-16-9-10/h6-9,11H,1-5H2,(H,14,15). The second kappa shape index (κ2) is 5.49. The fourth-order valence-corrected chi connectivity index (χ4v) is 1.97. The summed E-state index contributed by atoms with van der Waals surface area (Å²) in [5.41, 5.74) is 3.43. The van der Waals surface area contributed by atoms with Crippen molar-refractivity contribution >= 4 is 12.1 Å². The van der Waals surface area contributed by atoms with Crippen LogP contribution in [-0.4, -0.2) is 12.1 Å². The number of hydrogen-bond donors (Lipinski definition) is 1. The molecule has 0 aliphatic heterocycles. The first kappa shape index (κ1) is 10.9. The summed E-state index contributed by atoms with van der Waals surface area (Å²) in [6.45, 7) is 0. The fourth-order valence-electron chi connectivity index (χ4n) is 1.97. The van der Waals surface area contributed by atoms with Gasteiger partial charge in [0.25, 0.3) is 0 Å². The number of carbonyl (C=O) groups is 1. The number of nitrogens with one attached hydrogen (secondary N) is 1. The highest BCUT2D eigenvalue weighted by atomic mass is 16.3. The number of hydrazone groups is 1. The van der Waals surface area contributed by atoms with Crippen LogP contribution in [0.5, 0.6) is 0 Å². The zero-order valence-electron chi connectivity index (χ0n) is 9.19. The smallest absolute Gasteiger partial charge is 0.243 e. The normalized spacial score (nSPS) is 17.8. The largest absolute Gasteiger partial charge is 0.472 e. The fraction of sp³-hybridized carbons (Fsp3) is 0.500. The van der Waals surface area contributed by atoms with Gasteiger partial charge in [0.2, 0.25) is 5.91 Å². The molecule has 1 saturated carbocycles. The molecule has 1 fully saturated rings. The van der Waals surface area contributed by atoms with E-state index in [-0.39, 0.29) is 11.8 Å². The van der Waals surface area contributed by atoms with Gasteiger partial charge < -0.3 is 4.42 Å². The Morgan fingerprint density at radius 3 is 2.94 bits per heavy atom. The van der Waals surface area contributed by atoms with Crippen LogP contribution in [0, 0.1) is 5.92 Å². The summed E-state index contributed by atoms with van der Waals surface area (Å²) in [6.07, 6.45) is 10.3. The van der Waals surface area contributed by atoms with Gasteiger partial charge in [-0.2, -0.15) is 5.10 Å². The molecule has 0 atom stereocenters. The molecule has 1 aliphatic carbocycles. The quantitative estimate of drug-likeness (QED) is 0.627. The van der Waals surface area contributed by atoms with E-state index in [1.54, 1.807) is 24.8 Å². The van der Waals surface area contributed by atoms with Crippen LogP contribution in [0.1, 0.15) is 37.7 Å². The second-order valence-corrected chi connectivity index (χ2v) is 4.13. The third-order valence-corrected chi connectivity index (χ3v) is 2.91. The van der Waals surface area contributed by atoms with E-state index in [0.717, 1.165) is 31.2 Å². The molecule has 0 radical (unpaired) electrons. The third-order valence-electron chi connectivity index (χ3n) is 2.91. The summed E-state index contributed by atoms with van der Waals surface area (Å²) in [7, 11) is 0. The highest BCUT2D eigenvalue weighted by Crippen LogP contribution is 2.23. The minimum absolute atomic E-state index is 0.0412. The van der Waals surface area contributed by atoms with Gasteiger partial charge in [-0.3, -0.25) is 4.79 Å². The van der Waals surface area contributed by atoms with Crippen molar-refractivity contribution in [2.24, 2.45) is 11.0 Å². The lowest BCUT2D eigenvalue weighted by atomic mass is 9.89. The molecule has 0 spiro atoms. The monoisotopic (exact) mass is 220 g/mol. The second-order valence-electron chi connectivity index (χ2n) is 4.13. The molecular weight excluding hydrogens is 204 g/mol. The molecule has 1 aliphatic rings. The summed E-state index contributed by atoms with van der Waals surface area (Å²) in [6, 6.07) is 1.79. The summed E-state index contributed by atoms with van der Waals surface area (Å²) >= 11 is 0. The zero-order chi connectivity index (χ0) is 11.2. The molecule has 1 N–H and O–H groups in total. The molecule has 0 unspecified atom stereocenters. The minimum Gasteiger partial charge on any atom is -0.472 e. The van der Waals surface area contributed by atoms with Gasteiger partial charge in [-0.1, -0.05) is 19.3 Å². The van der Waals surface area contributed by atoms with E-state index in [2.05, 4.69) is 10.5 Å². The lowest BCUT2D eigenvalue weighted by Crippen LogP contribution is -2.28. The SMILES string of the molecule is O=C(NN=Cc1ccoc1)C1CCCCC1. The van der Waals surface area contributed by atoms with E-state index in [1.807, 2.05) is 0 Å². The van der Waals surface area contributed by atoms with Gasteiger partial charge in [0.15, 0.2) is 0 Å². The minimum atomic E-state index is 0.0412. The topological polar surface area (TPSA) is 54.6 Å². The summed E-state index contributed by atoms with van der Waals surface area (Å²) in [5, 5.41) is 3.90. The predicted molar refractivity (Wildman–Crippen MR) is 61.0 cm³/mol. The van der Waals surface area contributed by atoms with Crippen LogP contribution in [0.3, 0.4) is 0 Å². The van der Waals surface area contributed by atoms with Crippen molar-refractivity contribution in [2.45, 2.75) is 32.1 Å². The maximum absolute atomic E-state index is 11.7. The Bertz CT molecular complexity index is 351. The van der Waals surface area contributed by atoms with Crippen molar-refractivity contribution in [2.75, 3.05) is 0 Å². The molecule has 1 amide bonds. The Kier molecular flexibility index (Phi) is 3.75. The van der Waals surface area contributed by atoms with Crippen molar-refractivity contribution in [1.82, 2.24) is 5.43 Å². The van der Waals surface area contributed by atoms with Crippen molar-refractivity contribution in [3.8, 4) is 0 Å². The molecule has 1 heterocycles. The van der Waals surface area contributed by atoms with Crippen LogP contribution in [0.4, 0.5) is 0 Å². The Balaban J connectivity index is 1.78. The van der Waals surface area contributed by atoms with Gasteiger partial charge in [-0.25, -0.2) is 5.43 Å². The van der Waals surface area contributed by atoms with Gasteiger partial charge in [-0.05, 0) is 18.9 Å². The third kappa shape index (κ3) is 2.95. The van der Waals surface area contributed by atoms with Gasteiger partial charge in [-0.15, -0.1) is 0 Å². The molecule has 0 saturated heterocycles. The zero-order valence-corrected chi connectivity index (χ0v) is 9.19. The number of hydrogen-bond acceptors (Lipinski definition) is 3. The van der Waals surface area contributed by atoms with Gasteiger partial charge >= 0.3 is 0 Å². The Labute approximate surface area is 94.7 Å². The van der Waals surface area contributed by atoms with E-state index >= 15 is 0 Å². The number of carbonyl (C=O) groups excluding carboxylic acids is 1. The molecule has 1 aromatic heterocycles. The van der Waals surface area contributed by atoms with Gasteiger partial charge in [0.1, 0.15) is 0 Å². The maximum atomic E-state index is 11.7. The maximum Gasteiger partial charge on any atom is 0.243 e. The van der Waals surface area contributed by atoms with Crippen LogP contribution in [0.25, 0.3) is 0 Å². The first-order valence-electron chi connectivity index (χ1n) is 5.71. The molecule has 4 nitrogen and oxygen atoms in total. The van der Waals surface area contributed by atoms with Gasteiger partial charge in [0.05, 0.1) is 18.7 Å². The number of nitrogens with zero attached hydrogens (tertiary/aromatic N) is 1. The van der Waals surface area contributed by atoms with E-state index < -0.39 is 0 Å². The van der Waals surface area contributed by atoms with Crippen molar-refractivity contribution in [3.05, 3.63) is 24.2 Å². The molecular formula is C12H16N2O2. The van der Waals surface area contributed by atoms with Crippen LogP contribution in [0.2, 0.25) is 0 Å². The number of furan rings is 1. The predicted octanol–water partition coefficient (Wildman–Crippen LogP) is 2.31. The first-order valence-corrected chi connectivity index (χ1v) is 5.71. The highest BCUT2D eigenvalue weighted by Gasteiger charge is 2.20. The van der Waals surface area contributed by atoms with Crippen LogP contribution in [0.15, 0.2) is 28.1 Å². The van der Waals surface area contributed by atoms with Crippen molar-refractivity contribution < 1.29 is 9.21 Å². The Hall–Kier alpha value is -1.58. The molecule has 86 valence electrons. The molecule has 16 heavy (non-hydrogen) atoms. The molecule has 0 bridgehead atoms. The molecule has 0 aromatic carbocycles. The molecule has 1 aromatic rings. The van der Waals surface area contributed by atoms with Crippen LogP contribution >= 0.6 is 0 Å². The van der Waals surface area contributed by atoms with E-state index in [4.69, 9.17) is 4.42 Å². The summed E-state index contributed by atoms with van der Waals surface area (Å²) in [5.74, 6) is 0.190. The lowest BCUT2D eigenvalue weighted by molar-refractivity contribution is -0.125. The molecule has 2 rings (SSSR count). The summed E-state index contributed by atoms with van der Waals surface area (Å²) < 4.78 is 4.88. The Morgan fingerprint density at radius 1 is 1.44 bits per heavy atom. The van der Waals surface area contributed by atoms with E-state index in [9.17, 15) is 4.79 Å². The van der Waals surface area contributed by atoms with E-state index in [0.29, 0.717) is 0 Å². The summed E-state index contributed by atoms with van der Waals surface area (Å²) in [4.78, 5) is 11.7. The van der Waals surface area contributed by atoms with Gasteiger partial charge in [0, 0.05) is 11.5 Å². The number of amides is 1. The van der Waals surface area contributed by atoms with Crippen molar-refractivity contribution in [3.63, 3.8) is 0 Å². The highest BCUT2D eigenvalue weighted by molar-refractivity contribution is 5.82. The first-order chi connectivity index (χ1) is 7.86. The Morgan fingerprint density at radius 2 is 2.25 bits per heavy atom. The van der Waals surface area contributed by atoms with Crippen LogP contribution < -0.4 is 5.43 Å². The van der Waals surface area contributed by atoms with Crippen LogP contribution in [-0.2, 0) is 4.79 Å². The van der Waals surface area contributed by atoms with Crippen molar-refractivity contribution in [1.29, 1.82) is 0 Å². The average Bonchev–Trinajstić information content (AvgIpc) is 2.83.